The van der Waals surface area contributed by atoms with Crippen molar-refractivity contribution in [2.75, 3.05) is 18.2 Å². The smallest absolute Gasteiger partial charge is 0.316 e. The second kappa shape index (κ2) is 9.65. The zero-order chi connectivity index (χ0) is 21.7. The van der Waals surface area contributed by atoms with E-state index in [4.69, 9.17) is 16.0 Å². The Hall–Kier alpha value is -3.02. The predicted octanol–water partition coefficient (Wildman–Crippen LogP) is 4.39. The highest BCUT2D eigenvalue weighted by molar-refractivity contribution is 8.14. The number of hydrogen-bond donors (Lipinski definition) is 1. The van der Waals surface area contributed by atoms with Crippen LogP contribution in [-0.2, 0) is 14.3 Å². The minimum absolute atomic E-state index is 0.0119. The van der Waals surface area contributed by atoms with Crippen LogP contribution in [0.25, 0.3) is 0 Å². The second-order valence-electron chi connectivity index (χ2n) is 6.37. The van der Waals surface area contributed by atoms with Crippen molar-refractivity contribution in [3.8, 4) is 6.07 Å². The minimum Gasteiger partial charge on any atom is -0.469 e. The van der Waals surface area contributed by atoms with Crippen LogP contribution in [-0.4, -0.2) is 29.8 Å². The quantitative estimate of drug-likeness (QED) is 0.687. The van der Waals surface area contributed by atoms with Gasteiger partial charge < -0.3 is 14.5 Å². The number of amides is 1. The summed E-state index contributed by atoms with van der Waals surface area (Å²) in [5.41, 5.74) is 1.34. The molecule has 1 aliphatic heterocycles. The number of aliphatic imine (C=N–C) groups is 1. The highest BCUT2D eigenvalue weighted by Crippen LogP contribution is 2.41. The summed E-state index contributed by atoms with van der Waals surface area (Å²) in [6, 6.07) is 12.3. The number of hydrogen-bond acceptors (Lipinski definition) is 7. The van der Waals surface area contributed by atoms with Crippen molar-refractivity contribution in [1.82, 2.24) is 0 Å². The maximum Gasteiger partial charge on any atom is 0.316 e. The van der Waals surface area contributed by atoms with E-state index in [2.05, 4.69) is 21.1 Å². The van der Waals surface area contributed by atoms with Gasteiger partial charge in [0.1, 0.15) is 11.7 Å². The highest BCUT2D eigenvalue weighted by Gasteiger charge is 2.40. The Labute approximate surface area is 182 Å². The van der Waals surface area contributed by atoms with Gasteiger partial charge in [0, 0.05) is 16.4 Å². The average Bonchev–Trinajstić information content (AvgIpc) is 3.27. The summed E-state index contributed by atoms with van der Waals surface area (Å²) in [4.78, 5) is 29.2. The van der Waals surface area contributed by atoms with Crippen molar-refractivity contribution in [1.29, 1.82) is 5.26 Å². The first-order valence-corrected chi connectivity index (χ1v) is 10.3. The van der Waals surface area contributed by atoms with E-state index in [-0.39, 0.29) is 5.75 Å². The monoisotopic (exact) mass is 443 g/mol. The minimum atomic E-state index is -0.791. The number of nitriles is 1. The molecule has 7 nitrogen and oxygen atoms in total. The Bertz CT molecular complexity index is 1040. The Morgan fingerprint density at radius 3 is 2.67 bits per heavy atom. The first kappa shape index (κ1) is 21.7. The number of anilines is 1. The van der Waals surface area contributed by atoms with Gasteiger partial charge in [-0.1, -0.05) is 23.4 Å². The molecule has 154 valence electrons. The lowest BCUT2D eigenvalue weighted by molar-refractivity contribution is -0.137. The van der Waals surface area contributed by atoms with Gasteiger partial charge in [0.25, 0.3) is 5.91 Å². The highest BCUT2D eigenvalue weighted by atomic mass is 35.5. The Morgan fingerprint density at radius 1 is 1.33 bits per heavy atom. The Kier molecular flexibility index (Phi) is 6.98. The summed E-state index contributed by atoms with van der Waals surface area (Å²) in [5.74, 6) is -1.81. The Balaban J connectivity index is 1.99. The largest absolute Gasteiger partial charge is 0.469 e. The normalized spacial score (nSPS) is 18.4. The topological polar surface area (TPSA) is 105 Å². The molecule has 9 heteroatoms. The maximum absolute atomic E-state index is 13.1. The number of allylic oxidation sites excluding steroid dienone is 1. The molecule has 1 aromatic carbocycles. The summed E-state index contributed by atoms with van der Waals surface area (Å²) in [6.07, 6.45) is 1.49. The van der Waals surface area contributed by atoms with Crippen LogP contribution in [0.5, 0.6) is 0 Å². The van der Waals surface area contributed by atoms with E-state index in [0.717, 1.165) is 11.8 Å². The van der Waals surface area contributed by atoms with Crippen molar-refractivity contribution < 1.29 is 18.7 Å². The number of carbonyl (C=O) groups is 2. The summed E-state index contributed by atoms with van der Waals surface area (Å²) < 4.78 is 10.2. The number of furan rings is 1. The number of nitrogens with one attached hydrogen (secondary N) is 1. The zero-order valence-electron chi connectivity index (χ0n) is 16.2. The molecule has 3 rings (SSSR count). The predicted molar refractivity (Wildman–Crippen MR) is 115 cm³/mol. The molecule has 0 aliphatic carbocycles. The van der Waals surface area contributed by atoms with E-state index in [1.807, 2.05) is 0 Å². The van der Waals surface area contributed by atoms with Gasteiger partial charge >= 0.3 is 5.97 Å². The molecule has 0 saturated heterocycles. The Morgan fingerprint density at radius 2 is 2.07 bits per heavy atom. The molecule has 1 amide bonds. The first-order chi connectivity index (χ1) is 14.4. The first-order valence-electron chi connectivity index (χ1n) is 8.93. The van der Waals surface area contributed by atoms with E-state index in [1.54, 1.807) is 43.3 Å². The lowest BCUT2D eigenvalue weighted by atomic mass is 9.81. The standard InChI is InChI=1S/C21H18ClN3O4S/c1-12-18(20(27)25-14-7-5-13(22)6-8-14)19(16-4-3-9-29-16)15(10-23)21(24-12)30-11-17(26)28-2/h3-9,15,19H,11H2,1-2H3,(H,25,27). The van der Waals surface area contributed by atoms with E-state index < -0.39 is 23.7 Å². The fourth-order valence-corrected chi connectivity index (χ4v) is 4.16. The molecule has 2 heterocycles. The molecule has 2 unspecified atom stereocenters. The van der Waals surface area contributed by atoms with Gasteiger partial charge in [0.05, 0.1) is 41.7 Å². The van der Waals surface area contributed by atoms with Gasteiger partial charge in [-0.05, 0) is 43.3 Å². The van der Waals surface area contributed by atoms with Gasteiger partial charge in [-0.25, -0.2) is 4.99 Å². The van der Waals surface area contributed by atoms with Gasteiger partial charge in [-0.15, -0.1) is 0 Å². The number of esters is 1. The van der Waals surface area contributed by atoms with E-state index >= 15 is 0 Å². The number of nitrogens with zero attached hydrogens (tertiary/aromatic N) is 2. The van der Waals surface area contributed by atoms with Crippen molar-refractivity contribution in [2.45, 2.75) is 12.8 Å². The van der Waals surface area contributed by atoms with Crippen molar-refractivity contribution in [2.24, 2.45) is 10.9 Å². The molecular weight excluding hydrogens is 426 g/mol. The van der Waals surface area contributed by atoms with Crippen molar-refractivity contribution in [3.63, 3.8) is 0 Å². The van der Waals surface area contributed by atoms with Crippen LogP contribution in [0.2, 0.25) is 5.02 Å². The number of methoxy groups -OCH3 is 1. The van der Waals surface area contributed by atoms with Gasteiger partial charge in [-0.2, -0.15) is 5.26 Å². The van der Waals surface area contributed by atoms with Crippen LogP contribution in [0.4, 0.5) is 5.69 Å². The van der Waals surface area contributed by atoms with Crippen molar-refractivity contribution >= 4 is 46.0 Å². The molecule has 2 aromatic rings. The summed E-state index contributed by atoms with van der Waals surface area (Å²) in [7, 11) is 1.29. The van der Waals surface area contributed by atoms with Crippen LogP contribution in [0.1, 0.15) is 18.6 Å². The fourth-order valence-electron chi connectivity index (χ4n) is 3.08. The lowest BCUT2D eigenvalue weighted by Crippen LogP contribution is -2.31. The summed E-state index contributed by atoms with van der Waals surface area (Å²) >= 11 is 7.02. The maximum atomic E-state index is 13.1. The third kappa shape index (κ3) is 4.75. The number of ether oxygens (including phenoxy) is 1. The average molecular weight is 444 g/mol. The number of carbonyl (C=O) groups excluding carboxylic acids is 2. The molecule has 30 heavy (non-hydrogen) atoms. The molecule has 1 N–H and O–H groups in total. The van der Waals surface area contributed by atoms with Gasteiger partial charge in [0.15, 0.2) is 0 Å². The van der Waals surface area contributed by atoms with Gasteiger partial charge in [-0.3, -0.25) is 9.59 Å². The van der Waals surface area contributed by atoms with E-state index in [9.17, 15) is 14.9 Å². The van der Waals surface area contributed by atoms with Crippen LogP contribution in [0, 0.1) is 17.2 Å². The van der Waals surface area contributed by atoms with E-state index in [1.165, 1.54) is 13.4 Å². The van der Waals surface area contributed by atoms with E-state index in [0.29, 0.717) is 32.8 Å². The molecule has 0 fully saturated rings. The number of benzene rings is 1. The molecule has 0 saturated carbocycles. The summed E-state index contributed by atoms with van der Waals surface area (Å²) in [6.45, 7) is 1.69. The molecule has 1 aromatic heterocycles. The lowest BCUT2D eigenvalue weighted by Gasteiger charge is -2.28. The van der Waals surface area contributed by atoms with Gasteiger partial charge in [0.2, 0.25) is 0 Å². The summed E-state index contributed by atoms with van der Waals surface area (Å²) in [5, 5.41) is 13.7. The third-order valence-corrected chi connectivity index (χ3v) is 5.75. The molecule has 0 bridgehead atoms. The molecule has 1 aliphatic rings. The molecule has 0 radical (unpaired) electrons. The fraction of sp³-hybridized carbons (Fsp3) is 0.238. The van der Waals surface area contributed by atoms with Crippen LogP contribution in [0.3, 0.4) is 0 Å². The number of halogens is 1. The molecule has 0 spiro atoms. The SMILES string of the molecule is COC(=O)CSC1=NC(C)=C(C(=O)Nc2ccc(Cl)cc2)C(c2ccco2)C1C#N. The van der Waals surface area contributed by atoms with Crippen LogP contribution < -0.4 is 5.32 Å². The molecular formula is C21H18ClN3O4S. The number of rotatable bonds is 5. The van der Waals surface area contributed by atoms with Crippen LogP contribution >= 0.6 is 23.4 Å². The second-order valence-corrected chi connectivity index (χ2v) is 7.81. The van der Waals surface area contributed by atoms with Crippen molar-refractivity contribution in [3.05, 3.63) is 64.7 Å². The molecule has 2 atom stereocenters. The third-order valence-electron chi connectivity index (χ3n) is 4.48. The zero-order valence-corrected chi connectivity index (χ0v) is 17.8. The van der Waals surface area contributed by atoms with Crippen LogP contribution in [0.15, 0.2) is 63.3 Å². The number of thioether (sulfide) groups is 1.